The number of nitrogens with zero attached hydrogens (tertiary/aromatic N) is 2. The number of nitriles is 2. The molecule has 64 valence electrons. The van der Waals surface area contributed by atoms with E-state index in [1.807, 2.05) is 12.1 Å². The fourth-order valence-electron chi connectivity index (χ4n) is 1.40. The Morgan fingerprint density at radius 3 is 2.85 bits per heavy atom. The highest BCUT2D eigenvalue weighted by molar-refractivity contribution is 7.98. The van der Waals surface area contributed by atoms with Crippen LogP contribution in [0.1, 0.15) is 22.6 Å². The monoisotopic (exact) mass is 190 g/mol. The van der Waals surface area contributed by atoms with Crippen molar-refractivity contribution in [3.8, 4) is 12.1 Å². The van der Waals surface area contributed by atoms with E-state index < -0.39 is 0 Å². The molecule has 1 aromatic heterocycles. The molecule has 1 aliphatic rings. The van der Waals surface area contributed by atoms with Crippen LogP contribution in [0.5, 0.6) is 0 Å². The normalized spacial score (nSPS) is 14.3. The smallest absolute Gasteiger partial charge is 0.221 e. The van der Waals surface area contributed by atoms with Crippen molar-refractivity contribution in [1.82, 2.24) is 0 Å². The summed E-state index contributed by atoms with van der Waals surface area (Å²) in [6.45, 7) is 0. The molecule has 2 rings (SSSR count). The van der Waals surface area contributed by atoms with Gasteiger partial charge in [-0.05, 0) is 0 Å². The maximum absolute atomic E-state index is 8.82. The highest BCUT2D eigenvalue weighted by atomic mass is 32.2. The molecule has 0 bridgehead atoms. The zero-order chi connectivity index (χ0) is 9.26. The second kappa shape index (κ2) is 3.16. The van der Waals surface area contributed by atoms with Gasteiger partial charge in [-0.1, -0.05) is 0 Å². The first-order chi connectivity index (χ1) is 6.36. The van der Waals surface area contributed by atoms with Crippen molar-refractivity contribution >= 4 is 11.8 Å². The molecule has 1 aromatic rings. The zero-order valence-corrected chi connectivity index (χ0v) is 7.65. The molecular weight excluding hydrogens is 184 g/mol. The molecule has 1 aliphatic heterocycles. The van der Waals surface area contributed by atoms with Gasteiger partial charge < -0.3 is 4.42 Å². The Hall–Kier alpha value is -1.39. The van der Waals surface area contributed by atoms with Crippen molar-refractivity contribution in [2.24, 2.45) is 0 Å². The molecule has 0 amide bonds. The number of furan rings is 1. The molecule has 3 nitrogen and oxygen atoms in total. The fraction of sp³-hybridized carbons (Fsp3) is 0.333. The average Bonchev–Trinajstić information content (AvgIpc) is 2.55. The third kappa shape index (κ3) is 1.20. The van der Waals surface area contributed by atoms with Crippen LogP contribution < -0.4 is 0 Å². The summed E-state index contributed by atoms with van der Waals surface area (Å²) < 4.78 is 5.28. The Labute approximate surface area is 80.0 Å². The number of aryl methyl sites for hydroxylation is 1. The molecule has 4 heteroatoms. The summed E-state index contributed by atoms with van der Waals surface area (Å²) in [5.74, 6) is 2.81. The van der Waals surface area contributed by atoms with Crippen molar-refractivity contribution < 1.29 is 4.42 Å². The van der Waals surface area contributed by atoms with Gasteiger partial charge in [0.05, 0.1) is 0 Å². The van der Waals surface area contributed by atoms with E-state index in [1.54, 1.807) is 11.8 Å². The first kappa shape index (κ1) is 8.22. The minimum Gasteiger partial charge on any atom is -0.449 e. The van der Waals surface area contributed by atoms with Gasteiger partial charge in [0.1, 0.15) is 23.5 Å². The fourth-order valence-corrected chi connectivity index (χ4v) is 2.39. The van der Waals surface area contributed by atoms with E-state index in [9.17, 15) is 0 Å². The van der Waals surface area contributed by atoms with E-state index in [1.165, 1.54) is 0 Å². The van der Waals surface area contributed by atoms with Gasteiger partial charge in [-0.25, -0.2) is 0 Å². The Bertz CT molecular complexity index is 422. The molecule has 0 atom stereocenters. The van der Waals surface area contributed by atoms with Gasteiger partial charge in [0.15, 0.2) is 0 Å². The Morgan fingerprint density at radius 1 is 1.31 bits per heavy atom. The number of hydrogen-bond acceptors (Lipinski definition) is 4. The van der Waals surface area contributed by atoms with Gasteiger partial charge in [-0.3, -0.25) is 0 Å². The zero-order valence-electron chi connectivity index (χ0n) is 6.83. The molecule has 13 heavy (non-hydrogen) atoms. The molecule has 0 saturated heterocycles. The van der Waals surface area contributed by atoms with Gasteiger partial charge in [0, 0.05) is 23.5 Å². The van der Waals surface area contributed by atoms with Crippen molar-refractivity contribution in [2.75, 3.05) is 5.75 Å². The molecule has 0 fully saturated rings. The molecule has 0 radical (unpaired) electrons. The summed E-state index contributed by atoms with van der Waals surface area (Å²) in [6.07, 6.45) is 0.830. The molecular formula is C9H6N2OS. The van der Waals surface area contributed by atoms with Crippen molar-refractivity contribution in [1.29, 1.82) is 10.5 Å². The van der Waals surface area contributed by atoms with Crippen LogP contribution in [-0.2, 0) is 12.2 Å². The molecule has 0 aromatic carbocycles. The minimum atomic E-state index is 0.176. The predicted octanol–water partition coefficient (Wildman–Crippen LogP) is 1.81. The van der Waals surface area contributed by atoms with Crippen LogP contribution in [-0.4, -0.2) is 5.75 Å². The van der Waals surface area contributed by atoms with Crippen LogP contribution in [0.4, 0.5) is 0 Å². The van der Waals surface area contributed by atoms with E-state index >= 15 is 0 Å². The van der Waals surface area contributed by atoms with Crippen LogP contribution in [0.3, 0.4) is 0 Å². The molecule has 0 unspecified atom stereocenters. The molecule has 2 heterocycles. The van der Waals surface area contributed by atoms with Crippen LogP contribution >= 0.6 is 11.8 Å². The highest BCUT2D eigenvalue weighted by Crippen LogP contribution is 2.31. The summed E-state index contributed by atoms with van der Waals surface area (Å²) in [7, 11) is 0. The van der Waals surface area contributed by atoms with Gasteiger partial charge in [-0.2, -0.15) is 22.3 Å². The van der Waals surface area contributed by atoms with E-state index in [0.717, 1.165) is 29.3 Å². The lowest BCUT2D eigenvalue weighted by Crippen LogP contribution is -1.99. The van der Waals surface area contributed by atoms with Gasteiger partial charge in [-0.15, -0.1) is 0 Å². The summed E-state index contributed by atoms with van der Waals surface area (Å²) >= 11 is 1.77. The number of hydrogen-bond donors (Lipinski definition) is 0. The molecule has 0 aliphatic carbocycles. The predicted molar refractivity (Wildman–Crippen MR) is 48.0 cm³/mol. The maximum Gasteiger partial charge on any atom is 0.221 e. The van der Waals surface area contributed by atoms with Crippen LogP contribution in [0.15, 0.2) is 4.42 Å². The lowest BCUT2D eigenvalue weighted by atomic mass is 10.1. The first-order valence-corrected chi connectivity index (χ1v) is 5.04. The summed E-state index contributed by atoms with van der Waals surface area (Å²) in [6, 6.07) is 3.93. The second-order valence-corrected chi connectivity index (χ2v) is 3.84. The van der Waals surface area contributed by atoms with Crippen LogP contribution in [0.2, 0.25) is 0 Å². The average molecular weight is 190 g/mol. The van der Waals surface area contributed by atoms with E-state index in [4.69, 9.17) is 14.9 Å². The number of rotatable bonds is 0. The molecule has 0 spiro atoms. The number of fused-ring (bicyclic) bond motifs is 1. The van der Waals surface area contributed by atoms with Crippen LogP contribution in [0.25, 0.3) is 0 Å². The Balaban J connectivity index is 2.60. The van der Waals surface area contributed by atoms with Gasteiger partial charge in [0.2, 0.25) is 5.76 Å². The quantitative estimate of drug-likeness (QED) is 0.626. The van der Waals surface area contributed by atoms with E-state index in [-0.39, 0.29) is 5.76 Å². The lowest BCUT2D eigenvalue weighted by molar-refractivity contribution is 0.500. The van der Waals surface area contributed by atoms with Gasteiger partial charge >= 0.3 is 0 Å². The Morgan fingerprint density at radius 2 is 2.15 bits per heavy atom. The Kier molecular flexibility index (Phi) is 2.00. The second-order valence-electron chi connectivity index (χ2n) is 2.73. The van der Waals surface area contributed by atoms with Crippen LogP contribution in [0, 0.1) is 22.7 Å². The first-order valence-electron chi connectivity index (χ1n) is 3.89. The third-order valence-electron chi connectivity index (χ3n) is 2.02. The largest absolute Gasteiger partial charge is 0.449 e. The van der Waals surface area contributed by atoms with Gasteiger partial charge in [0.25, 0.3) is 0 Å². The highest BCUT2D eigenvalue weighted by Gasteiger charge is 2.22. The topological polar surface area (TPSA) is 60.7 Å². The minimum absolute atomic E-state index is 0.176. The van der Waals surface area contributed by atoms with E-state index in [2.05, 4.69) is 0 Å². The van der Waals surface area contributed by atoms with Crippen molar-refractivity contribution in [3.05, 3.63) is 22.6 Å². The lowest BCUT2D eigenvalue weighted by Gasteiger charge is -2.07. The molecule has 0 N–H and O–H groups in total. The standard InChI is InChI=1S/C9H6N2OS/c10-3-6-7-5-13-2-1-8(7)12-9(6)4-11/h1-2,5H2. The third-order valence-corrected chi connectivity index (χ3v) is 3.01. The summed E-state index contributed by atoms with van der Waals surface area (Å²) in [4.78, 5) is 0. The summed E-state index contributed by atoms with van der Waals surface area (Å²) in [5.41, 5.74) is 1.36. The summed E-state index contributed by atoms with van der Waals surface area (Å²) in [5, 5.41) is 17.5. The van der Waals surface area contributed by atoms with Crippen molar-refractivity contribution in [3.63, 3.8) is 0 Å². The SMILES string of the molecule is N#Cc1oc2c(c1C#N)CSCC2. The number of thioether (sulfide) groups is 1. The van der Waals surface area contributed by atoms with E-state index in [0.29, 0.717) is 5.56 Å². The van der Waals surface area contributed by atoms with Crippen molar-refractivity contribution in [2.45, 2.75) is 12.2 Å². The molecule has 0 saturated carbocycles. The maximum atomic E-state index is 8.82.